The van der Waals surface area contributed by atoms with Gasteiger partial charge in [-0.3, -0.25) is 0 Å². The molecule has 0 fully saturated rings. The second kappa shape index (κ2) is 4.92. The highest BCUT2D eigenvalue weighted by atomic mass is 127. The molecule has 0 saturated carbocycles. The molecule has 0 atom stereocenters. The van der Waals surface area contributed by atoms with E-state index in [1.54, 1.807) is 0 Å². The van der Waals surface area contributed by atoms with Gasteiger partial charge in [-0.25, -0.2) is 0 Å². The standard InChI is InChI=1S/C18H18IN/c1-18(2,3)14-8-9-17(15(19)12-14)20-11-10-13-6-4-5-7-16(13)20/h4-12H,1-3H3. The molecular weight excluding hydrogens is 357 g/mol. The number of hydrogen-bond acceptors (Lipinski definition) is 0. The molecular formula is C18H18IN. The Balaban J connectivity index is 2.16. The average molecular weight is 375 g/mol. The zero-order valence-electron chi connectivity index (χ0n) is 12.0. The summed E-state index contributed by atoms with van der Waals surface area (Å²) in [6.07, 6.45) is 2.15. The predicted molar refractivity (Wildman–Crippen MR) is 94.7 cm³/mol. The number of nitrogens with zero attached hydrogens (tertiary/aromatic N) is 1. The van der Waals surface area contributed by atoms with Crippen molar-refractivity contribution in [3.8, 4) is 5.69 Å². The van der Waals surface area contributed by atoms with Gasteiger partial charge < -0.3 is 4.57 Å². The van der Waals surface area contributed by atoms with Gasteiger partial charge >= 0.3 is 0 Å². The fourth-order valence-electron chi connectivity index (χ4n) is 2.46. The zero-order valence-corrected chi connectivity index (χ0v) is 14.2. The van der Waals surface area contributed by atoms with E-state index >= 15 is 0 Å². The lowest BCUT2D eigenvalue weighted by atomic mass is 9.87. The van der Waals surface area contributed by atoms with Gasteiger partial charge in [-0.15, -0.1) is 0 Å². The average Bonchev–Trinajstić information content (AvgIpc) is 2.81. The van der Waals surface area contributed by atoms with Crippen LogP contribution in [0, 0.1) is 3.57 Å². The molecule has 2 aromatic carbocycles. The first kappa shape index (κ1) is 13.7. The van der Waals surface area contributed by atoms with E-state index in [0.717, 1.165) is 0 Å². The summed E-state index contributed by atoms with van der Waals surface area (Å²) in [5, 5.41) is 1.28. The van der Waals surface area contributed by atoms with Crippen LogP contribution in [0.25, 0.3) is 16.6 Å². The van der Waals surface area contributed by atoms with Gasteiger partial charge in [0.2, 0.25) is 0 Å². The molecule has 0 amide bonds. The smallest absolute Gasteiger partial charge is 0.0589 e. The molecule has 0 unspecified atom stereocenters. The Morgan fingerprint density at radius 1 is 0.950 bits per heavy atom. The van der Waals surface area contributed by atoms with Gasteiger partial charge in [0.1, 0.15) is 0 Å². The number of para-hydroxylation sites is 1. The van der Waals surface area contributed by atoms with E-state index < -0.39 is 0 Å². The van der Waals surface area contributed by atoms with Gasteiger partial charge in [-0.05, 0) is 63.2 Å². The third-order valence-electron chi connectivity index (χ3n) is 3.67. The minimum absolute atomic E-state index is 0.192. The van der Waals surface area contributed by atoms with Crippen LogP contribution in [0.4, 0.5) is 0 Å². The van der Waals surface area contributed by atoms with Gasteiger partial charge in [-0.2, -0.15) is 0 Å². The number of halogens is 1. The Morgan fingerprint density at radius 3 is 2.40 bits per heavy atom. The second-order valence-corrected chi connectivity index (χ2v) is 7.32. The first-order chi connectivity index (χ1) is 9.47. The Labute approximate surface area is 133 Å². The molecule has 0 saturated heterocycles. The third-order valence-corrected chi connectivity index (χ3v) is 4.54. The fraction of sp³-hybridized carbons (Fsp3) is 0.222. The van der Waals surface area contributed by atoms with E-state index in [4.69, 9.17) is 0 Å². The molecule has 20 heavy (non-hydrogen) atoms. The van der Waals surface area contributed by atoms with Gasteiger partial charge in [0.25, 0.3) is 0 Å². The van der Waals surface area contributed by atoms with E-state index in [-0.39, 0.29) is 5.41 Å². The minimum atomic E-state index is 0.192. The van der Waals surface area contributed by atoms with Crippen molar-refractivity contribution in [2.24, 2.45) is 0 Å². The van der Waals surface area contributed by atoms with E-state index in [9.17, 15) is 0 Å². The number of fused-ring (bicyclic) bond motifs is 1. The maximum atomic E-state index is 2.44. The molecule has 1 heterocycles. The van der Waals surface area contributed by atoms with Gasteiger partial charge in [-0.1, -0.05) is 45.0 Å². The van der Waals surface area contributed by atoms with Crippen molar-refractivity contribution in [3.63, 3.8) is 0 Å². The summed E-state index contributed by atoms with van der Waals surface area (Å²) in [5.41, 5.74) is 4.08. The largest absolute Gasteiger partial charge is 0.315 e. The zero-order chi connectivity index (χ0) is 14.3. The van der Waals surface area contributed by atoms with Crippen molar-refractivity contribution in [1.29, 1.82) is 0 Å². The van der Waals surface area contributed by atoms with Crippen molar-refractivity contribution in [3.05, 3.63) is 63.9 Å². The Hall–Kier alpha value is -1.29. The molecule has 1 nitrogen and oxygen atoms in total. The molecule has 1 aromatic heterocycles. The van der Waals surface area contributed by atoms with Crippen LogP contribution >= 0.6 is 22.6 Å². The lowest BCUT2D eigenvalue weighted by Gasteiger charge is -2.20. The van der Waals surface area contributed by atoms with Crippen LogP contribution in [0.15, 0.2) is 54.7 Å². The highest BCUT2D eigenvalue weighted by Crippen LogP contribution is 2.29. The minimum Gasteiger partial charge on any atom is -0.315 e. The number of benzene rings is 2. The van der Waals surface area contributed by atoms with Crippen LogP contribution in [-0.4, -0.2) is 4.57 Å². The highest BCUT2D eigenvalue weighted by Gasteiger charge is 2.15. The van der Waals surface area contributed by atoms with Gasteiger partial charge in [0.15, 0.2) is 0 Å². The molecule has 0 N–H and O–H groups in total. The molecule has 0 aliphatic rings. The van der Waals surface area contributed by atoms with Crippen LogP contribution < -0.4 is 0 Å². The van der Waals surface area contributed by atoms with Gasteiger partial charge in [0.05, 0.1) is 11.2 Å². The molecule has 2 heteroatoms. The number of rotatable bonds is 1. The Morgan fingerprint density at radius 2 is 1.70 bits per heavy atom. The van der Waals surface area contributed by atoms with Crippen molar-refractivity contribution in [1.82, 2.24) is 4.57 Å². The monoisotopic (exact) mass is 375 g/mol. The molecule has 0 aliphatic carbocycles. The molecule has 0 radical (unpaired) electrons. The summed E-state index contributed by atoms with van der Waals surface area (Å²) in [4.78, 5) is 0. The normalized spacial score (nSPS) is 12.0. The maximum absolute atomic E-state index is 2.44. The van der Waals surface area contributed by atoms with Crippen LogP contribution in [0.2, 0.25) is 0 Å². The number of aromatic nitrogens is 1. The first-order valence-electron chi connectivity index (χ1n) is 6.83. The highest BCUT2D eigenvalue weighted by molar-refractivity contribution is 14.1. The third kappa shape index (κ3) is 2.37. The van der Waals surface area contributed by atoms with Crippen molar-refractivity contribution >= 4 is 33.5 Å². The molecule has 3 rings (SSSR count). The van der Waals surface area contributed by atoms with Crippen LogP contribution in [-0.2, 0) is 5.41 Å². The summed E-state index contributed by atoms with van der Waals surface area (Å²) >= 11 is 2.44. The lowest BCUT2D eigenvalue weighted by Crippen LogP contribution is -2.11. The van der Waals surface area contributed by atoms with Gasteiger partial charge in [0, 0.05) is 9.77 Å². The molecule has 102 valence electrons. The van der Waals surface area contributed by atoms with Crippen LogP contribution in [0.1, 0.15) is 26.3 Å². The van der Waals surface area contributed by atoms with Crippen molar-refractivity contribution in [2.45, 2.75) is 26.2 Å². The lowest BCUT2D eigenvalue weighted by molar-refractivity contribution is 0.589. The molecule has 0 spiro atoms. The maximum Gasteiger partial charge on any atom is 0.0589 e. The van der Waals surface area contributed by atoms with Crippen molar-refractivity contribution < 1.29 is 0 Å². The summed E-state index contributed by atoms with van der Waals surface area (Å²) in [6.45, 7) is 6.76. The summed E-state index contributed by atoms with van der Waals surface area (Å²) < 4.78 is 3.56. The van der Waals surface area contributed by atoms with Crippen LogP contribution in [0.3, 0.4) is 0 Å². The Kier molecular flexibility index (Phi) is 3.36. The van der Waals surface area contributed by atoms with E-state index in [2.05, 4.69) is 103 Å². The van der Waals surface area contributed by atoms with E-state index in [0.29, 0.717) is 0 Å². The van der Waals surface area contributed by atoms with E-state index in [1.165, 1.54) is 25.7 Å². The van der Waals surface area contributed by atoms with E-state index in [1.807, 2.05) is 0 Å². The van der Waals surface area contributed by atoms with Crippen molar-refractivity contribution in [2.75, 3.05) is 0 Å². The first-order valence-corrected chi connectivity index (χ1v) is 7.91. The fourth-order valence-corrected chi connectivity index (χ4v) is 3.24. The Bertz CT molecular complexity index is 762. The molecule has 0 bridgehead atoms. The topological polar surface area (TPSA) is 4.93 Å². The SMILES string of the molecule is CC(C)(C)c1ccc(-n2ccc3ccccc32)c(I)c1. The predicted octanol–water partition coefficient (Wildman–Crippen LogP) is 5.53. The molecule has 0 aliphatic heterocycles. The molecule has 3 aromatic rings. The number of hydrogen-bond donors (Lipinski definition) is 0. The summed E-state index contributed by atoms with van der Waals surface area (Å²) in [5.74, 6) is 0. The second-order valence-electron chi connectivity index (χ2n) is 6.16. The van der Waals surface area contributed by atoms with Crippen LogP contribution in [0.5, 0.6) is 0 Å². The quantitative estimate of drug-likeness (QED) is 0.493. The summed E-state index contributed by atoms with van der Waals surface area (Å²) in [6, 6.07) is 17.4. The summed E-state index contributed by atoms with van der Waals surface area (Å²) in [7, 11) is 0.